The van der Waals surface area contributed by atoms with Crippen molar-refractivity contribution >= 4 is 11.8 Å². The molecule has 0 radical (unpaired) electrons. The molecule has 0 aromatic carbocycles. The van der Waals surface area contributed by atoms with Crippen molar-refractivity contribution in [3.8, 4) is 0 Å². The zero-order valence-corrected chi connectivity index (χ0v) is 11.7. The molecule has 0 heterocycles. The van der Waals surface area contributed by atoms with E-state index in [0.717, 1.165) is 17.9 Å². The fraction of sp³-hybridized carbons (Fsp3) is 1.00. The van der Waals surface area contributed by atoms with Crippen LogP contribution in [0.3, 0.4) is 0 Å². The molecule has 0 saturated heterocycles. The van der Waals surface area contributed by atoms with E-state index in [1.165, 1.54) is 50.8 Å². The third-order valence-corrected chi connectivity index (χ3v) is 4.70. The Morgan fingerprint density at radius 2 is 2.12 bits per heavy atom. The van der Waals surface area contributed by atoms with Crippen LogP contribution < -0.4 is 5.32 Å². The molecule has 16 heavy (non-hydrogen) atoms. The summed E-state index contributed by atoms with van der Waals surface area (Å²) in [5.41, 5.74) is 0. The van der Waals surface area contributed by atoms with Gasteiger partial charge in [-0.3, -0.25) is 0 Å². The smallest absolute Gasteiger partial charge is 0.0470 e. The molecule has 0 amide bonds. The highest BCUT2D eigenvalue weighted by atomic mass is 32.2. The lowest BCUT2D eigenvalue weighted by atomic mass is 9.95. The minimum atomic E-state index is 0.765. The quantitative estimate of drug-likeness (QED) is 0.664. The first-order valence-corrected chi connectivity index (χ1v) is 7.77. The molecule has 96 valence electrons. The second-order valence-electron chi connectivity index (χ2n) is 4.60. The Balaban J connectivity index is 2.18. The van der Waals surface area contributed by atoms with Gasteiger partial charge in [0.2, 0.25) is 0 Å². The molecule has 1 fully saturated rings. The van der Waals surface area contributed by atoms with Crippen molar-refractivity contribution in [1.29, 1.82) is 0 Å². The molecule has 1 aliphatic rings. The summed E-state index contributed by atoms with van der Waals surface area (Å²) in [7, 11) is 1.79. The normalized spacial score (nSPS) is 25.9. The lowest BCUT2D eigenvalue weighted by Gasteiger charge is -2.32. The minimum Gasteiger partial charge on any atom is -0.385 e. The first-order chi connectivity index (χ1) is 7.88. The molecule has 2 unspecified atom stereocenters. The van der Waals surface area contributed by atoms with Crippen molar-refractivity contribution < 1.29 is 4.74 Å². The number of ether oxygens (including phenoxy) is 1. The summed E-state index contributed by atoms with van der Waals surface area (Å²) in [6.45, 7) is 4.34. The van der Waals surface area contributed by atoms with E-state index >= 15 is 0 Å². The van der Waals surface area contributed by atoms with Gasteiger partial charge >= 0.3 is 0 Å². The summed E-state index contributed by atoms with van der Waals surface area (Å²) in [5.74, 6) is 1.25. The third-order valence-electron chi connectivity index (χ3n) is 3.18. The maximum absolute atomic E-state index is 5.09. The summed E-state index contributed by atoms with van der Waals surface area (Å²) in [5, 5.41) is 4.55. The number of methoxy groups -OCH3 is 1. The van der Waals surface area contributed by atoms with Crippen LogP contribution in [0.1, 0.15) is 45.4 Å². The fourth-order valence-corrected chi connectivity index (χ4v) is 3.68. The van der Waals surface area contributed by atoms with Crippen LogP contribution in [0.4, 0.5) is 0 Å². The third kappa shape index (κ3) is 5.55. The van der Waals surface area contributed by atoms with E-state index in [-0.39, 0.29) is 0 Å². The summed E-state index contributed by atoms with van der Waals surface area (Å²) in [4.78, 5) is 0. The zero-order valence-electron chi connectivity index (χ0n) is 10.8. The SMILES string of the molecule is CCCNC1CCCCC1SCCCOC. The first kappa shape index (κ1) is 14.3. The van der Waals surface area contributed by atoms with E-state index < -0.39 is 0 Å². The van der Waals surface area contributed by atoms with E-state index in [4.69, 9.17) is 4.74 Å². The Labute approximate surface area is 105 Å². The van der Waals surface area contributed by atoms with Gasteiger partial charge in [0.05, 0.1) is 0 Å². The second kappa shape index (κ2) is 9.32. The largest absolute Gasteiger partial charge is 0.385 e. The molecule has 1 N–H and O–H groups in total. The Morgan fingerprint density at radius 1 is 1.31 bits per heavy atom. The summed E-state index contributed by atoms with van der Waals surface area (Å²) in [6.07, 6.45) is 8.06. The average molecular weight is 245 g/mol. The van der Waals surface area contributed by atoms with E-state index in [1.54, 1.807) is 7.11 Å². The van der Waals surface area contributed by atoms with Crippen molar-refractivity contribution in [1.82, 2.24) is 5.32 Å². The number of hydrogen-bond donors (Lipinski definition) is 1. The van der Waals surface area contributed by atoms with Crippen LogP contribution in [0, 0.1) is 0 Å². The van der Waals surface area contributed by atoms with E-state index in [9.17, 15) is 0 Å². The van der Waals surface area contributed by atoms with Gasteiger partial charge in [0.15, 0.2) is 0 Å². The van der Waals surface area contributed by atoms with Crippen LogP contribution in [0.15, 0.2) is 0 Å². The molecule has 1 saturated carbocycles. The minimum absolute atomic E-state index is 0.765. The monoisotopic (exact) mass is 245 g/mol. The maximum Gasteiger partial charge on any atom is 0.0470 e. The Kier molecular flexibility index (Phi) is 8.34. The molecule has 0 aromatic rings. The highest BCUT2D eigenvalue weighted by molar-refractivity contribution is 7.99. The first-order valence-electron chi connectivity index (χ1n) is 6.72. The number of nitrogens with one attached hydrogen (secondary N) is 1. The van der Waals surface area contributed by atoms with Crippen LogP contribution in [-0.2, 0) is 4.74 Å². The predicted molar refractivity (Wildman–Crippen MR) is 73.3 cm³/mol. The van der Waals surface area contributed by atoms with Gasteiger partial charge in [-0.1, -0.05) is 19.8 Å². The van der Waals surface area contributed by atoms with Crippen molar-refractivity contribution in [3.05, 3.63) is 0 Å². The van der Waals surface area contributed by atoms with Gasteiger partial charge in [0.1, 0.15) is 0 Å². The van der Waals surface area contributed by atoms with Crippen molar-refractivity contribution in [2.75, 3.05) is 26.0 Å². The predicted octanol–water partition coefficient (Wildman–Crippen LogP) is 3.07. The lowest BCUT2D eigenvalue weighted by Crippen LogP contribution is -2.41. The van der Waals surface area contributed by atoms with Crippen molar-refractivity contribution in [2.24, 2.45) is 0 Å². The summed E-state index contributed by atoms with van der Waals surface area (Å²) >= 11 is 2.15. The summed E-state index contributed by atoms with van der Waals surface area (Å²) < 4.78 is 5.09. The van der Waals surface area contributed by atoms with Crippen molar-refractivity contribution in [3.63, 3.8) is 0 Å². The van der Waals surface area contributed by atoms with Crippen LogP contribution >= 0.6 is 11.8 Å². The lowest BCUT2D eigenvalue weighted by molar-refractivity contribution is 0.200. The fourth-order valence-electron chi connectivity index (χ4n) is 2.30. The Hall–Kier alpha value is 0.270. The van der Waals surface area contributed by atoms with E-state index in [2.05, 4.69) is 24.0 Å². The zero-order chi connectivity index (χ0) is 11.6. The van der Waals surface area contributed by atoms with Gasteiger partial charge in [-0.05, 0) is 38.0 Å². The van der Waals surface area contributed by atoms with Gasteiger partial charge in [0.25, 0.3) is 0 Å². The number of rotatable bonds is 8. The molecule has 1 aliphatic carbocycles. The topological polar surface area (TPSA) is 21.3 Å². The molecule has 2 nitrogen and oxygen atoms in total. The van der Waals surface area contributed by atoms with Crippen LogP contribution in [0.2, 0.25) is 0 Å². The van der Waals surface area contributed by atoms with Gasteiger partial charge in [-0.25, -0.2) is 0 Å². The molecule has 0 aromatic heterocycles. The van der Waals surface area contributed by atoms with Crippen LogP contribution in [-0.4, -0.2) is 37.3 Å². The molecular formula is C13H27NOS. The summed E-state index contributed by atoms with van der Waals surface area (Å²) in [6, 6.07) is 0.765. The highest BCUT2D eigenvalue weighted by Crippen LogP contribution is 2.29. The maximum atomic E-state index is 5.09. The molecule has 0 bridgehead atoms. The molecular weight excluding hydrogens is 218 g/mol. The van der Waals surface area contributed by atoms with Gasteiger partial charge in [-0.2, -0.15) is 11.8 Å². The second-order valence-corrected chi connectivity index (χ2v) is 5.95. The molecule has 1 rings (SSSR count). The molecule has 3 heteroatoms. The standard InChI is InChI=1S/C13H27NOS/c1-3-9-14-12-7-4-5-8-13(12)16-11-6-10-15-2/h12-14H,3-11H2,1-2H3. The van der Waals surface area contributed by atoms with Gasteiger partial charge in [-0.15, -0.1) is 0 Å². The Bertz CT molecular complexity index is 166. The average Bonchev–Trinajstić information content (AvgIpc) is 2.33. The van der Waals surface area contributed by atoms with Crippen molar-refractivity contribution in [2.45, 2.75) is 56.7 Å². The molecule has 0 aliphatic heterocycles. The number of thioether (sulfide) groups is 1. The molecule has 2 atom stereocenters. The Morgan fingerprint density at radius 3 is 2.88 bits per heavy atom. The highest BCUT2D eigenvalue weighted by Gasteiger charge is 2.24. The van der Waals surface area contributed by atoms with Crippen LogP contribution in [0.25, 0.3) is 0 Å². The number of hydrogen-bond acceptors (Lipinski definition) is 3. The van der Waals surface area contributed by atoms with Gasteiger partial charge in [0, 0.05) is 25.0 Å². The van der Waals surface area contributed by atoms with E-state index in [0.29, 0.717) is 0 Å². The van der Waals surface area contributed by atoms with E-state index in [1.807, 2.05) is 0 Å². The van der Waals surface area contributed by atoms with Crippen LogP contribution in [0.5, 0.6) is 0 Å². The van der Waals surface area contributed by atoms with Gasteiger partial charge < -0.3 is 10.1 Å². The molecule has 0 spiro atoms.